The van der Waals surface area contributed by atoms with Crippen molar-refractivity contribution in [2.24, 2.45) is 0 Å². The highest BCUT2D eigenvalue weighted by Crippen LogP contribution is 2.24. The number of rotatable bonds is 8. The van der Waals surface area contributed by atoms with E-state index in [-0.39, 0.29) is 24.9 Å². The van der Waals surface area contributed by atoms with Crippen LogP contribution in [0.15, 0.2) is 24.3 Å². The molecule has 1 aliphatic rings. The smallest absolute Gasteiger partial charge is 0.225 e. The van der Waals surface area contributed by atoms with Gasteiger partial charge in [0.2, 0.25) is 15.9 Å². The molecule has 1 aromatic carbocycles. The number of benzene rings is 1. The molecular weight excluding hydrogens is 352 g/mol. The van der Waals surface area contributed by atoms with Crippen LogP contribution in [-0.4, -0.2) is 44.1 Å². The minimum absolute atomic E-state index is 0.0192. The summed E-state index contributed by atoms with van der Waals surface area (Å²) in [5, 5.41) is 2.82. The van der Waals surface area contributed by atoms with Gasteiger partial charge in [-0.15, -0.1) is 0 Å². The van der Waals surface area contributed by atoms with E-state index in [0.717, 1.165) is 44.3 Å². The molecule has 0 spiro atoms. The van der Waals surface area contributed by atoms with Crippen LogP contribution in [-0.2, 0) is 14.8 Å². The molecule has 1 N–H and O–H groups in total. The van der Waals surface area contributed by atoms with Crippen LogP contribution in [0.25, 0.3) is 0 Å². The van der Waals surface area contributed by atoms with Crippen LogP contribution in [0.4, 0.5) is 5.69 Å². The molecule has 146 valence electrons. The highest BCUT2D eigenvalue weighted by atomic mass is 32.2. The highest BCUT2D eigenvalue weighted by Gasteiger charge is 2.27. The molecule has 26 heavy (non-hydrogen) atoms. The summed E-state index contributed by atoms with van der Waals surface area (Å²) in [6.45, 7) is 2.73. The lowest BCUT2D eigenvalue weighted by Gasteiger charge is -2.28. The molecule has 7 heteroatoms. The van der Waals surface area contributed by atoms with Crippen molar-refractivity contribution in [1.82, 2.24) is 4.31 Å². The summed E-state index contributed by atoms with van der Waals surface area (Å²) >= 11 is 0. The van der Waals surface area contributed by atoms with Gasteiger partial charge in [-0.05, 0) is 44.0 Å². The third-order valence-electron chi connectivity index (χ3n) is 4.67. The first-order valence-corrected chi connectivity index (χ1v) is 11.2. The molecular formula is C19H30N2O4S. The van der Waals surface area contributed by atoms with E-state index in [1.807, 2.05) is 6.92 Å². The average Bonchev–Trinajstić information content (AvgIpc) is 2.85. The molecule has 1 amide bonds. The second-order valence-corrected chi connectivity index (χ2v) is 8.71. The lowest BCUT2D eigenvalue weighted by Crippen LogP contribution is -2.41. The molecule has 0 unspecified atom stereocenters. The zero-order valence-electron chi connectivity index (χ0n) is 15.7. The van der Waals surface area contributed by atoms with Crippen LogP contribution in [0.3, 0.4) is 0 Å². The van der Waals surface area contributed by atoms with E-state index in [2.05, 4.69) is 5.32 Å². The highest BCUT2D eigenvalue weighted by molar-refractivity contribution is 7.88. The van der Waals surface area contributed by atoms with Crippen molar-refractivity contribution in [3.05, 3.63) is 24.3 Å². The third-order valence-corrected chi connectivity index (χ3v) is 6.00. The molecule has 0 radical (unpaired) electrons. The fourth-order valence-electron chi connectivity index (χ4n) is 3.40. The summed E-state index contributed by atoms with van der Waals surface area (Å²) in [7, 11) is -3.32. The van der Waals surface area contributed by atoms with Gasteiger partial charge in [-0.25, -0.2) is 8.42 Å². The Morgan fingerprint density at radius 3 is 2.31 bits per heavy atom. The number of nitrogens with one attached hydrogen (secondary N) is 1. The maximum Gasteiger partial charge on any atom is 0.225 e. The van der Waals surface area contributed by atoms with Crippen molar-refractivity contribution in [2.45, 2.75) is 57.9 Å². The minimum Gasteiger partial charge on any atom is -0.494 e. The molecule has 0 atom stereocenters. The Labute approximate surface area is 157 Å². The first-order valence-electron chi connectivity index (χ1n) is 9.39. The van der Waals surface area contributed by atoms with E-state index in [9.17, 15) is 13.2 Å². The van der Waals surface area contributed by atoms with Gasteiger partial charge in [-0.2, -0.15) is 4.31 Å². The van der Waals surface area contributed by atoms with Gasteiger partial charge >= 0.3 is 0 Å². The number of ether oxygens (including phenoxy) is 1. The maximum atomic E-state index is 12.2. The molecule has 1 aliphatic carbocycles. The van der Waals surface area contributed by atoms with E-state index in [0.29, 0.717) is 12.3 Å². The SMILES string of the molecule is CCOc1ccc(NC(=O)CCN(C2CCCCCC2)S(C)(=O)=O)cc1. The molecule has 6 nitrogen and oxygen atoms in total. The summed E-state index contributed by atoms with van der Waals surface area (Å²) < 4.78 is 31.3. The van der Waals surface area contributed by atoms with Gasteiger partial charge in [0.15, 0.2) is 0 Å². The first kappa shape index (κ1) is 20.7. The van der Waals surface area contributed by atoms with Crippen LogP contribution in [0.2, 0.25) is 0 Å². The van der Waals surface area contributed by atoms with Crippen molar-refractivity contribution in [3.8, 4) is 5.75 Å². The molecule has 0 heterocycles. The zero-order valence-corrected chi connectivity index (χ0v) is 16.6. The fourth-order valence-corrected chi connectivity index (χ4v) is 4.58. The van der Waals surface area contributed by atoms with Gasteiger partial charge in [0.25, 0.3) is 0 Å². The van der Waals surface area contributed by atoms with Crippen LogP contribution in [0.1, 0.15) is 51.9 Å². The van der Waals surface area contributed by atoms with Crippen LogP contribution in [0.5, 0.6) is 5.75 Å². The number of sulfonamides is 1. The summed E-state index contributed by atoms with van der Waals surface area (Å²) in [4.78, 5) is 12.2. The predicted octanol–water partition coefficient (Wildman–Crippen LogP) is 3.40. The van der Waals surface area contributed by atoms with Gasteiger partial charge in [-0.3, -0.25) is 4.79 Å². The molecule has 0 aliphatic heterocycles. The van der Waals surface area contributed by atoms with Crippen molar-refractivity contribution < 1.29 is 17.9 Å². The second-order valence-electron chi connectivity index (χ2n) is 6.77. The van der Waals surface area contributed by atoms with Gasteiger partial charge in [0, 0.05) is 24.7 Å². The Morgan fingerprint density at radius 1 is 1.15 bits per heavy atom. The largest absolute Gasteiger partial charge is 0.494 e. The Hall–Kier alpha value is -1.60. The molecule has 0 saturated heterocycles. The first-order chi connectivity index (χ1) is 12.4. The van der Waals surface area contributed by atoms with E-state index >= 15 is 0 Å². The van der Waals surface area contributed by atoms with Gasteiger partial charge < -0.3 is 10.1 Å². The fraction of sp³-hybridized carbons (Fsp3) is 0.632. The Kier molecular flexibility index (Phi) is 7.90. The van der Waals surface area contributed by atoms with Crippen molar-refractivity contribution >= 4 is 21.6 Å². The van der Waals surface area contributed by atoms with Crippen molar-refractivity contribution in [2.75, 3.05) is 24.7 Å². The Bertz CT molecular complexity index is 665. The van der Waals surface area contributed by atoms with E-state index in [1.54, 1.807) is 24.3 Å². The van der Waals surface area contributed by atoms with E-state index in [1.165, 1.54) is 10.6 Å². The van der Waals surface area contributed by atoms with Gasteiger partial charge in [-0.1, -0.05) is 25.7 Å². The summed E-state index contributed by atoms with van der Waals surface area (Å²) in [6.07, 6.45) is 7.57. The molecule has 1 saturated carbocycles. The summed E-state index contributed by atoms with van der Waals surface area (Å²) in [5.41, 5.74) is 0.679. The Morgan fingerprint density at radius 2 is 1.77 bits per heavy atom. The Balaban J connectivity index is 1.91. The second kappa shape index (κ2) is 9.92. The quantitative estimate of drug-likeness (QED) is 0.699. The third kappa shape index (κ3) is 6.61. The maximum absolute atomic E-state index is 12.2. The molecule has 1 fully saturated rings. The number of carbonyl (C=O) groups excluding carboxylic acids is 1. The normalized spacial score (nSPS) is 16.3. The topological polar surface area (TPSA) is 75.7 Å². The van der Waals surface area contributed by atoms with Gasteiger partial charge in [0.05, 0.1) is 12.9 Å². The summed E-state index contributed by atoms with van der Waals surface area (Å²) in [6, 6.07) is 7.18. The molecule has 0 aromatic heterocycles. The number of hydrogen-bond donors (Lipinski definition) is 1. The molecule has 2 rings (SSSR count). The van der Waals surface area contributed by atoms with Crippen LogP contribution >= 0.6 is 0 Å². The number of amides is 1. The van der Waals surface area contributed by atoms with Crippen molar-refractivity contribution in [3.63, 3.8) is 0 Å². The van der Waals surface area contributed by atoms with E-state index < -0.39 is 10.0 Å². The van der Waals surface area contributed by atoms with Crippen molar-refractivity contribution in [1.29, 1.82) is 0 Å². The number of carbonyl (C=O) groups is 1. The predicted molar refractivity (Wildman–Crippen MR) is 104 cm³/mol. The number of hydrogen-bond acceptors (Lipinski definition) is 4. The lowest BCUT2D eigenvalue weighted by molar-refractivity contribution is -0.116. The molecule has 0 bridgehead atoms. The minimum atomic E-state index is -3.32. The standard InChI is InChI=1S/C19H30N2O4S/c1-3-25-18-12-10-16(11-13-18)20-19(22)14-15-21(26(2,23)24)17-8-6-4-5-7-9-17/h10-13,17H,3-9,14-15H2,1-2H3,(H,20,22). The molecule has 1 aromatic rings. The van der Waals surface area contributed by atoms with E-state index in [4.69, 9.17) is 4.74 Å². The van der Waals surface area contributed by atoms with Gasteiger partial charge in [0.1, 0.15) is 5.75 Å². The average molecular weight is 383 g/mol. The van der Waals surface area contributed by atoms with Crippen LogP contribution < -0.4 is 10.1 Å². The number of anilines is 1. The lowest BCUT2D eigenvalue weighted by atomic mass is 10.1. The summed E-state index contributed by atoms with van der Waals surface area (Å²) in [5.74, 6) is 0.568. The monoisotopic (exact) mass is 382 g/mol. The van der Waals surface area contributed by atoms with Crippen LogP contribution in [0, 0.1) is 0 Å². The zero-order chi connectivity index (χ0) is 19.0. The number of nitrogens with zero attached hydrogens (tertiary/aromatic N) is 1.